The van der Waals surface area contributed by atoms with Crippen LogP contribution in [0.5, 0.6) is 5.75 Å². The van der Waals surface area contributed by atoms with Crippen LogP contribution in [0.25, 0.3) is 0 Å². The zero-order valence-electron chi connectivity index (χ0n) is 18.5. The van der Waals surface area contributed by atoms with E-state index in [0.29, 0.717) is 11.1 Å². The molecular formula is C24H24N4O5. The lowest BCUT2D eigenvalue weighted by Gasteiger charge is -2.24. The third kappa shape index (κ3) is 5.49. The van der Waals surface area contributed by atoms with Crippen LogP contribution in [0.2, 0.25) is 0 Å². The number of primary amides is 1. The predicted octanol–water partition coefficient (Wildman–Crippen LogP) is 0.977. The summed E-state index contributed by atoms with van der Waals surface area (Å²) in [5.41, 5.74) is 8.86. The summed E-state index contributed by atoms with van der Waals surface area (Å²) < 4.78 is 5.09. The molecule has 1 unspecified atom stereocenters. The van der Waals surface area contributed by atoms with E-state index in [9.17, 15) is 19.2 Å². The van der Waals surface area contributed by atoms with Crippen molar-refractivity contribution in [1.82, 2.24) is 15.5 Å². The first-order valence-electron chi connectivity index (χ1n) is 10.2. The second-order valence-corrected chi connectivity index (χ2v) is 7.56. The molecule has 2 heterocycles. The van der Waals surface area contributed by atoms with Gasteiger partial charge in [-0.3, -0.25) is 19.7 Å². The number of urea groups is 1. The van der Waals surface area contributed by atoms with Crippen molar-refractivity contribution in [2.75, 3.05) is 20.7 Å². The molecule has 1 fully saturated rings. The molecule has 0 saturated carbocycles. The number of carbonyl (C=O) groups is 4. The first kappa shape index (κ1) is 23.3. The Kier molecular flexibility index (Phi) is 6.98. The molecular weight excluding hydrogens is 424 g/mol. The van der Waals surface area contributed by atoms with Crippen molar-refractivity contribution in [3.05, 3.63) is 64.2 Å². The number of nitrogens with zero attached hydrogens (tertiary/aromatic N) is 1. The van der Waals surface area contributed by atoms with Gasteiger partial charge in [0.15, 0.2) is 6.04 Å². The Labute approximate surface area is 191 Å². The molecule has 4 N–H and O–H groups in total. The number of fused-ring (bicyclic) bond motifs is 1. The molecule has 9 heteroatoms. The predicted molar refractivity (Wildman–Crippen MR) is 121 cm³/mol. The topological polar surface area (TPSA) is 131 Å². The molecule has 0 radical (unpaired) electrons. The number of amides is 5. The molecule has 1 atom stereocenters. The van der Waals surface area contributed by atoms with Crippen molar-refractivity contribution in [2.24, 2.45) is 5.73 Å². The van der Waals surface area contributed by atoms with Gasteiger partial charge in [-0.2, -0.15) is 0 Å². The van der Waals surface area contributed by atoms with Gasteiger partial charge in [0.1, 0.15) is 5.75 Å². The molecule has 0 bridgehead atoms. The van der Waals surface area contributed by atoms with Crippen molar-refractivity contribution in [2.45, 2.75) is 19.4 Å². The van der Waals surface area contributed by atoms with Gasteiger partial charge in [0.2, 0.25) is 5.91 Å². The van der Waals surface area contributed by atoms with Crippen LogP contribution < -0.4 is 21.1 Å². The van der Waals surface area contributed by atoms with Crippen LogP contribution in [0.3, 0.4) is 0 Å². The van der Waals surface area contributed by atoms with E-state index in [4.69, 9.17) is 10.5 Å². The van der Waals surface area contributed by atoms with Gasteiger partial charge in [-0.25, -0.2) is 4.79 Å². The van der Waals surface area contributed by atoms with E-state index in [1.165, 1.54) is 0 Å². The number of likely N-dealkylation sites (N-methyl/N-ethyl adjacent to an activating group) is 1. The highest BCUT2D eigenvalue weighted by molar-refractivity contribution is 6.06. The molecule has 5 amide bonds. The number of methoxy groups -OCH3 is 1. The number of benzene rings is 2. The number of hydrogen-bond donors (Lipinski definition) is 3. The maximum absolute atomic E-state index is 11.8. The standard InChI is InChI=1S/C13H11N3O3.C11H13NO2/c1-7-2-3-9(11(14)17)6-8(7)4-5-10-12(18)16-13(19)15-10;1-12-6-5-8-3-4-9(14-2)7-10(8)11(12)13/h2-3,6,10H,1H3,(H2,14,17)(H2,15,16,18,19);3-4,7H,5-6H2,1-2H3. The number of imide groups is 1. The summed E-state index contributed by atoms with van der Waals surface area (Å²) in [6.45, 7) is 2.63. The van der Waals surface area contributed by atoms with Crippen molar-refractivity contribution in [3.63, 3.8) is 0 Å². The van der Waals surface area contributed by atoms with Crippen LogP contribution in [0.1, 0.15) is 37.4 Å². The lowest BCUT2D eigenvalue weighted by Crippen LogP contribution is -2.34. The minimum absolute atomic E-state index is 0.0881. The van der Waals surface area contributed by atoms with Crippen molar-refractivity contribution < 1.29 is 23.9 Å². The largest absolute Gasteiger partial charge is 0.497 e. The molecule has 0 aromatic heterocycles. The Morgan fingerprint density at radius 2 is 1.94 bits per heavy atom. The molecule has 33 heavy (non-hydrogen) atoms. The fourth-order valence-electron chi connectivity index (χ4n) is 3.27. The zero-order chi connectivity index (χ0) is 24.1. The molecule has 1 saturated heterocycles. The van der Waals surface area contributed by atoms with E-state index in [1.54, 1.807) is 30.2 Å². The van der Waals surface area contributed by atoms with Crippen molar-refractivity contribution in [3.8, 4) is 17.6 Å². The second-order valence-electron chi connectivity index (χ2n) is 7.56. The third-order valence-electron chi connectivity index (χ3n) is 5.26. The SMILES string of the molecule is COc1ccc2c(c1)C(=O)N(C)CC2.Cc1ccc(C(N)=O)cc1C#CC1NC(=O)NC1=O. The lowest BCUT2D eigenvalue weighted by atomic mass is 9.99. The summed E-state index contributed by atoms with van der Waals surface area (Å²) in [5, 5.41) is 4.45. The Morgan fingerprint density at radius 3 is 2.58 bits per heavy atom. The van der Waals surface area contributed by atoms with Gasteiger partial charge >= 0.3 is 6.03 Å². The van der Waals surface area contributed by atoms with Crippen LogP contribution in [0.15, 0.2) is 36.4 Å². The van der Waals surface area contributed by atoms with Gasteiger partial charge in [0.25, 0.3) is 11.8 Å². The monoisotopic (exact) mass is 448 g/mol. The van der Waals surface area contributed by atoms with E-state index in [2.05, 4.69) is 22.5 Å². The fraction of sp³-hybridized carbons (Fsp3) is 0.250. The average Bonchev–Trinajstić information content (AvgIpc) is 3.12. The summed E-state index contributed by atoms with van der Waals surface area (Å²) in [4.78, 5) is 46.8. The van der Waals surface area contributed by atoms with E-state index in [0.717, 1.165) is 35.4 Å². The smallest absolute Gasteiger partial charge is 0.322 e. The molecule has 170 valence electrons. The number of nitrogens with one attached hydrogen (secondary N) is 2. The molecule has 0 aliphatic carbocycles. The number of ether oxygens (including phenoxy) is 1. The number of hydrogen-bond acceptors (Lipinski definition) is 5. The molecule has 2 aromatic carbocycles. The number of nitrogens with two attached hydrogens (primary N) is 1. The van der Waals surface area contributed by atoms with Gasteiger partial charge in [-0.15, -0.1) is 0 Å². The zero-order valence-corrected chi connectivity index (χ0v) is 18.5. The molecule has 2 aromatic rings. The summed E-state index contributed by atoms with van der Waals surface area (Å²) in [6, 6.07) is 9.13. The highest BCUT2D eigenvalue weighted by Gasteiger charge is 2.27. The maximum Gasteiger partial charge on any atom is 0.322 e. The fourth-order valence-corrected chi connectivity index (χ4v) is 3.27. The Bertz CT molecular complexity index is 1200. The van der Waals surface area contributed by atoms with Crippen molar-refractivity contribution in [1.29, 1.82) is 0 Å². The quantitative estimate of drug-likeness (QED) is 0.466. The van der Waals surface area contributed by atoms with Crippen LogP contribution in [0.4, 0.5) is 4.79 Å². The summed E-state index contributed by atoms with van der Waals surface area (Å²) in [6.07, 6.45) is 0.932. The first-order chi connectivity index (χ1) is 15.7. The van der Waals surface area contributed by atoms with Gasteiger partial charge in [0, 0.05) is 30.3 Å². The third-order valence-corrected chi connectivity index (χ3v) is 5.26. The van der Waals surface area contributed by atoms with Crippen LogP contribution in [-0.2, 0) is 11.2 Å². The van der Waals surface area contributed by atoms with Crippen molar-refractivity contribution >= 4 is 23.8 Å². The van der Waals surface area contributed by atoms with Crippen LogP contribution in [0, 0.1) is 18.8 Å². The van der Waals surface area contributed by atoms with Gasteiger partial charge in [-0.1, -0.05) is 24.0 Å². The number of rotatable bonds is 2. The molecule has 2 aliphatic heterocycles. The maximum atomic E-state index is 11.8. The summed E-state index contributed by atoms with van der Waals surface area (Å²) in [7, 11) is 3.43. The van der Waals surface area contributed by atoms with Gasteiger partial charge in [-0.05, 0) is 48.7 Å². The van der Waals surface area contributed by atoms with Crippen LogP contribution >= 0.6 is 0 Å². The van der Waals surface area contributed by atoms with E-state index >= 15 is 0 Å². The van der Waals surface area contributed by atoms with Gasteiger partial charge < -0.3 is 20.7 Å². The summed E-state index contributed by atoms with van der Waals surface area (Å²) >= 11 is 0. The molecule has 0 spiro atoms. The minimum Gasteiger partial charge on any atom is -0.497 e. The Balaban J connectivity index is 0.000000194. The Hall–Kier alpha value is -4.32. The lowest BCUT2D eigenvalue weighted by molar-refractivity contribution is -0.119. The number of carbonyl (C=O) groups excluding carboxylic acids is 4. The number of aryl methyl sites for hydroxylation is 1. The first-order valence-corrected chi connectivity index (χ1v) is 10.2. The van der Waals surface area contributed by atoms with E-state index < -0.39 is 23.9 Å². The normalized spacial score (nSPS) is 16.4. The minimum atomic E-state index is -0.871. The molecule has 9 nitrogen and oxygen atoms in total. The highest BCUT2D eigenvalue weighted by Crippen LogP contribution is 2.22. The Morgan fingerprint density at radius 1 is 1.18 bits per heavy atom. The van der Waals surface area contributed by atoms with Gasteiger partial charge in [0.05, 0.1) is 7.11 Å². The van der Waals surface area contributed by atoms with Crippen LogP contribution in [-0.4, -0.2) is 55.4 Å². The second kappa shape index (κ2) is 9.87. The molecule has 4 rings (SSSR count). The average molecular weight is 448 g/mol. The summed E-state index contributed by atoms with van der Waals surface area (Å²) in [5.74, 6) is 5.21. The molecule has 2 aliphatic rings. The van der Waals surface area contributed by atoms with E-state index in [1.807, 2.05) is 32.2 Å². The van der Waals surface area contributed by atoms with E-state index in [-0.39, 0.29) is 5.91 Å². The highest BCUT2D eigenvalue weighted by atomic mass is 16.5.